The second-order valence-electron chi connectivity index (χ2n) is 15.8. The van der Waals surface area contributed by atoms with Crippen molar-refractivity contribution in [1.29, 1.82) is 0 Å². The summed E-state index contributed by atoms with van der Waals surface area (Å²) in [6.07, 6.45) is 12.2. The van der Waals surface area contributed by atoms with Crippen molar-refractivity contribution in [3.8, 4) is 11.1 Å². The molecule has 0 spiro atoms. The van der Waals surface area contributed by atoms with E-state index in [1.807, 2.05) is 0 Å². The van der Waals surface area contributed by atoms with Crippen molar-refractivity contribution in [3.05, 3.63) is 149 Å². The Hall–Kier alpha value is -4.07. The average Bonchev–Trinajstić information content (AvgIpc) is 3.31. The van der Waals surface area contributed by atoms with E-state index < -0.39 is 0 Å². The van der Waals surface area contributed by atoms with Gasteiger partial charge in [-0.15, -0.1) is 11.8 Å². The van der Waals surface area contributed by atoms with Crippen molar-refractivity contribution in [1.82, 2.24) is 0 Å². The molecule has 0 nitrogen and oxygen atoms in total. The van der Waals surface area contributed by atoms with Gasteiger partial charge in [0.25, 0.3) is 0 Å². The van der Waals surface area contributed by atoms with Gasteiger partial charge in [0, 0.05) is 5.25 Å². The normalized spacial score (nSPS) is 26.4. The van der Waals surface area contributed by atoms with Crippen LogP contribution in [0.3, 0.4) is 0 Å². The molecule has 0 radical (unpaired) electrons. The molecule has 0 N–H and O–H groups in total. The number of thioether (sulfide) groups is 1. The first-order valence-electron chi connectivity index (χ1n) is 19.2. The Morgan fingerprint density at radius 3 is 1.82 bits per heavy atom. The Bertz CT molecular complexity index is 2320. The van der Waals surface area contributed by atoms with Gasteiger partial charge in [-0.3, -0.25) is 0 Å². The molecule has 6 unspecified atom stereocenters. The summed E-state index contributed by atoms with van der Waals surface area (Å²) in [7, 11) is 0. The first kappa shape index (κ1) is 30.7. The van der Waals surface area contributed by atoms with Gasteiger partial charge in [-0.05, 0) is 158 Å². The number of hydrogen-bond donors (Lipinski definition) is 0. The summed E-state index contributed by atoms with van der Waals surface area (Å²) >= 11 is 2.20. The molecule has 10 rings (SSSR count). The lowest BCUT2D eigenvalue weighted by molar-refractivity contribution is 0.185. The molecule has 6 aromatic rings. The molecule has 0 amide bonds. The predicted octanol–water partition coefficient (Wildman–Crippen LogP) is 14.1. The lowest BCUT2D eigenvalue weighted by Gasteiger charge is -2.44. The van der Waals surface area contributed by atoms with Gasteiger partial charge in [0.1, 0.15) is 0 Å². The lowest BCUT2D eigenvalue weighted by atomic mass is 9.60. The quantitative estimate of drug-likeness (QED) is 0.169. The maximum atomic E-state index is 2.60. The molecule has 3 aliphatic carbocycles. The number of benzene rings is 6. The van der Waals surface area contributed by atoms with E-state index in [1.165, 1.54) is 99.5 Å². The highest BCUT2D eigenvalue weighted by molar-refractivity contribution is 8.03. The van der Waals surface area contributed by atoms with E-state index in [1.54, 1.807) is 21.6 Å². The first-order chi connectivity index (χ1) is 24.6. The summed E-state index contributed by atoms with van der Waals surface area (Å²) in [6.45, 7) is 4.77. The Morgan fingerprint density at radius 1 is 0.560 bits per heavy atom. The van der Waals surface area contributed by atoms with E-state index in [0.717, 1.165) is 17.1 Å². The standard InChI is InChI=1S/C49H46S/c1-30(32-22-24-43-39-17-5-3-13-35(39)37-15-7-9-19-41(37)46(43)27-32)26-45-31(2)50-49-21-11-12-33(29-48(45)49)34-23-25-44-40-18-6-4-14-36(40)38-16-8-10-20-42(38)47(44)28-34/h3-10,13-20,22,24,26-27,33-34,44,47-49H,11-12,21,23,25,28-29H2,1-2H3. The van der Waals surface area contributed by atoms with Crippen molar-refractivity contribution in [2.45, 2.75) is 75.9 Å². The van der Waals surface area contributed by atoms with E-state index in [-0.39, 0.29) is 0 Å². The molecule has 0 aromatic heterocycles. The SMILES string of the molecule is CC(=CC1=C(C)SC2CCCC(C3CCC4c5ccccc5-c5ccccc5C4C3)CC12)c1ccc2c3ccccc3c3ccccc3c2c1. The van der Waals surface area contributed by atoms with Crippen molar-refractivity contribution < 1.29 is 0 Å². The largest absolute Gasteiger partial charge is 0.127 e. The Balaban J connectivity index is 0.955. The van der Waals surface area contributed by atoms with E-state index in [2.05, 4.69) is 147 Å². The smallest absolute Gasteiger partial charge is 0.0160 e. The van der Waals surface area contributed by atoms with Crippen molar-refractivity contribution in [3.63, 3.8) is 0 Å². The number of allylic oxidation sites excluding steroid dienone is 4. The van der Waals surface area contributed by atoms with Crippen LogP contribution < -0.4 is 0 Å². The summed E-state index contributed by atoms with van der Waals surface area (Å²) in [6, 6.07) is 43.8. The third-order valence-corrected chi connectivity index (χ3v) is 14.8. The van der Waals surface area contributed by atoms with Crippen LogP contribution in [0.4, 0.5) is 0 Å². The van der Waals surface area contributed by atoms with Crippen LogP contribution in [0.1, 0.15) is 87.3 Å². The van der Waals surface area contributed by atoms with Gasteiger partial charge in [-0.2, -0.15) is 0 Å². The summed E-state index contributed by atoms with van der Waals surface area (Å²) in [5.41, 5.74) is 10.6. The number of hydrogen-bond acceptors (Lipinski definition) is 1. The topological polar surface area (TPSA) is 0 Å². The van der Waals surface area contributed by atoms with Crippen molar-refractivity contribution >= 4 is 49.7 Å². The second-order valence-corrected chi connectivity index (χ2v) is 17.3. The lowest BCUT2D eigenvalue weighted by Crippen LogP contribution is -2.30. The van der Waals surface area contributed by atoms with Crippen molar-refractivity contribution in [2.75, 3.05) is 0 Å². The molecule has 2 fully saturated rings. The van der Waals surface area contributed by atoms with E-state index in [0.29, 0.717) is 17.8 Å². The van der Waals surface area contributed by atoms with Crippen LogP contribution in [0, 0.1) is 17.8 Å². The maximum absolute atomic E-state index is 2.60. The van der Waals surface area contributed by atoms with Gasteiger partial charge in [0.05, 0.1) is 0 Å². The second kappa shape index (κ2) is 12.3. The summed E-state index contributed by atoms with van der Waals surface area (Å²) < 4.78 is 0. The zero-order chi connectivity index (χ0) is 33.3. The number of rotatable bonds is 3. The monoisotopic (exact) mass is 666 g/mol. The molecule has 1 heteroatoms. The highest BCUT2D eigenvalue weighted by atomic mass is 32.2. The third-order valence-electron chi connectivity index (χ3n) is 13.3. The predicted molar refractivity (Wildman–Crippen MR) is 217 cm³/mol. The fourth-order valence-electron chi connectivity index (χ4n) is 11.0. The molecule has 50 heavy (non-hydrogen) atoms. The molecule has 2 saturated carbocycles. The highest BCUT2D eigenvalue weighted by Gasteiger charge is 2.43. The molecule has 248 valence electrons. The van der Waals surface area contributed by atoms with Crippen LogP contribution in [0.25, 0.3) is 49.0 Å². The molecule has 1 aliphatic heterocycles. The van der Waals surface area contributed by atoms with E-state index >= 15 is 0 Å². The molecule has 4 aliphatic rings. The van der Waals surface area contributed by atoms with Crippen LogP contribution >= 0.6 is 11.8 Å². The molecule has 0 bridgehead atoms. The summed E-state index contributed by atoms with van der Waals surface area (Å²) in [5, 5.41) is 8.86. The molecule has 6 aromatic carbocycles. The summed E-state index contributed by atoms with van der Waals surface area (Å²) in [5.74, 6) is 3.67. The fourth-order valence-corrected chi connectivity index (χ4v) is 12.5. The van der Waals surface area contributed by atoms with Crippen LogP contribution in [0.5, 0.6) is 0 Å². The molecular weight excluding hydrogens is 621 g/mol. The minimum Gasteiger partial charge on any atom is -0.127 e. The minimum absolute atomic E-state index is 0.664. The Morgan fingerprint density at radius 2 is 1.12 bits per heavy atom. The number of fused-ring (bicyclic) bond motifs is 13. The fraction of sp³-hybridized carbons (Fsp3) is 0.306. The first-order valence-corrected chi connectivity index (χ1v) is 20.1. The van der Waals surface area contributed by atoms with Crippen molar-refractivity contribution in [2.24, 2.45) is 17.8 Å². The van der Waals surface area contributed by atoms with Gasteiger partial charge in [0.2, 0.25) is 0 Å². The minimum atomic E-state index is 0.664. The average molecular weight is 667 g/mol. The van der Waals surface area contributed by atoms with Gasteiger partial charge >= 0.3 is 0 Å². The maximum Gasteiger partial charge on any atom is 0.0160 e. The van der Waals surface area contributed by atoms with E-state index in [4.69, 9.17) is 0 Å². The zero-order valence-corrected chi connectivity index (χ0v) is 30.2. The van der Waals surface area contributed by atoms with Gasteiger partial charge in [-0.1, -0.05) is 128 Å². The molecule has 6 atom stereocenters. The molecule has 0 saturated heterocycles. The highest BCUT2D eigenvalue weighted by Crippen LogP contribution is 2.58. The van der Waals surface area contributed by atoms with Gasteiger partial charge in [-0.25, -0.2) is 0 Å². The Kier molecular flexibility index (Phi) is 7.56. The van der Waals surface area contributed by atoms with Gasteiger partial charge < -0.3 is 0 Å². The van der Waals surface area contributed by atoms with Crippen LogP contribution in [0.2, 0.25) is 0 Å². The zero-order valence-electron chi connectivity index (χ0n) is 29.4. The van der Waals surface area contributed by atoms with Gasteiger partial charge in [0.15, 0.2) is 0 Å². The molecular formula is C49H46S. The van der Waals surface area contributed by atoms with Crippen LogP contribution in [-0.2, 0) is 0 Å². The van der Waals surface area contributed by atoms with E-state index in [9.17, 15) is 0 Å². The summed E-state index contributed by atoms with van der Waals surface area (Å²) in [4.78, 5) is 1.57. The van der Waals surface area contributed by atoms with Crippen LogP contribution in [-0.4, -0.2) is 5.25 Å². The molecule has 1 heterocycles. The Labute approximate surface area is 301 Å². The van der Waals surface area contributed by atoms with Crippen LogP contribution in [0.15, 0.2) is 132 Å². The third kappa shape index (κ3) is 4.95.